The molecule has 1 aromatic heterocycles. The molecule has 1 N–H and O–H groups in total. The van der Waals surface area contributed by atoms with E-state index in [1.165, 1.54) is 6.07 Å². The number of benzene rings is 1. The van der Waals surface area contributed by atoms with Gasteiger partial charge in [0.15, 0.2) is 0 Å². The van der Waals surface area contributed by atoms with Crippen molar-refractivity contribution < 1.29 is 31.5 Å². The Morgan fingerprint density at radius 2 is 2.00 bits per heavy atom. The van der Waals surface area contributed by atoms with Crippen LogP contribution in [0.3, 0.4) is 0 Å². The van der Waals surface area contributed by atoms with Gasteiger partial charge in [-0.15, -0.1) is 0 Å². The van der Waals surface area contributed by atoms with E-state index in [1.54, 1.807) is 32.2 Å². The Hall–Kier alpha value is -2.69. The number of carbonyl (C=O) groups is 1. The van der Waals surface area contributed by atoms with Gasteiger partial charge in [-0.25, -0.2) is 27.0 Å². The molecule has 31 heavy (non-hydrogen) atoms. The zero-order chi connectivity index (χ0) is 22.4. The van der Waals surface area contributed by atoms with Crippen molar-refractivity contribution in [2.45, 2.75) is 37.7 Å². The molecule has 2 aromatic rings. The first-order valence-corrected chi connectivity index (χ1v) is 11.7. The first-order valence-electron chi connectivity index (χ1n) is 9.87. The Kier molecular flexibility index (Phi) is 5.40. The minimum atomic E-state index is -3.01. The van der Waals surface area contributed by atoms with Gasteiger partial charge in [-0.1, -0.05) is 0 Å². The van der Waals surface area contributed by atoms with Crippen molar-refractivity contribution in [3.05, 3.63) is 30.1 Å². The Bertz CT molecular complexity index is 1140. The average molecular weight is 455 g/mol. The van der Waals surface area contributed by atoms with Crippen LogP contribution in [-0.4, -0.2) is 54.2 Å². The van der Waals surface area contributed by atoms with E-state index in [-0.39, 0.29) is 28.9 Å². The van der Waals surface area contributed by atoms with Crippen LogP contribution < -0.4 is 10.1 Å². The summed E-state index contributed by atoms with van der Waals surface area (Å²) in [7, 11) is -1.22. The van der Waals surface area contributed by atoms with Crippen molar-refractivity contribution in [3.63, 3.8) is 0 Å². The molecular weight excluding hydrogens is 432 g/mol. The highest BCUT2D eigenvalue weighted by atomic mass is 32.2. The summed E-state index contributed by atoms with van der Waals surface area (Å²) in [5.74, 6) is 0.937. The number of carbonyl (C=O) groups excluding carboxylic acids is 1. The fraction of sp³-hybridized carbons (Fsp3) is 0.500. The molecule has 1 amide bonds. The molecule has 0 unspecified atom stereocenters. The van der Waals surface area contributed by atoms with Gasteiger partial charge in [0.05, 0.1) is 28.2 Å². The van der Waals surface area contributed by atoms with Gasteiger partial charge in [-0.2, -0.15) is 0 Å². The van der Waals surface area contributed by atoms with Crippen molar-refractivity contribution in [3.8, 4) is 5.75 Å². The summed E-state index contributed by atoms with van der Waals surface area (Å²) in [5, 5.41) is 2.56. The largest absolute Gasteiger partial charge is 0.485 e. The summed E-state index contributed by atoms with van der Waals surface area (Å²) in [6.45, 7) is 0.871. The van der Waals surface area contributed by atoms with Crippen molar-refractivity contribution in [2.75, 3.05) is 23.4 Å². The highest BCUT2D eigenvalue weighted by Crippen LogP contribution is 2.36. The standard InChI is InChI=1S/C20H23F2N3O5S/c1-20(5-6-20)30-19(26)24-14-9-15-13(10-16(14)29-11-17(21)22)23-18(25(15)2)12-3-7-31(27,28)8-4-12/h5-6,9-10,12,17H,3-4,7-8,11H2,1-2H3,(H,24,26). The first-order chi connectivity index (χ1) is 14.6. The van der Waals surface area contributed by atoms with E-state index < -0.39 is 34.6 Å². The lowest BCUT2D eigenvalue weighted by molar-refractivity contribution is 0.0822. The van der Waals surface area contributed by atoms with Gasteiger partial charge in [0.1, 0.15) is 33.6 Å². The lowest BCUT2D eigenvalue weighted by Crippen LogP contribution is -2.23. The van der Waals surface area contributed by atoms with Crippen LogP contribution in [0.5, 0.6) is 5.75 Å². The van der Waals surface area contributed by atoms with Gasteiger partial charge in [0, 0.05) is 19.0 Å². The summed E-state index contributed by atoms with van der Waals surface area (Å²) >= 11 is 0. The molecule has 0 bridgehead atoms. The van der Waals surface area contributed by atoms with Gasteiger partial charge in [-0.3, -0.25) is 5.32 Å². The van der Waals surface area contributed by atoms with Crippen LogP contribution in [0.25, 0.3) is 11.0 Å². The number of anilines is 1. The second-order valence-electron chi connectivity index (χ2n) is 8.03. The molecule has 0 radical (unpaired) electrons. The van der Waals surface area contributed by atoms with Crippen LogP contribution >= 0.6 is 0 Å². The van der Waals surface area contributed by atoms with E-state index in [4.69, 9.17) is 9.47 Å². The SMILES string of the molecule is Cn1c(C2CCS(=O)(=O)CC2)nc2cc(OCC(F)F)c(NC(=O)OC3(C)C=C3)cc21. The molecule has 0 atom stereocenters. The Labute approximate surface area is 178 Å². The number of nitrogens with zero attached hydrogens (tertiary/aromatic N) is 2. The van der Waals surface area contributed by atoms with Gasteiger partial charge in [0.2, 0.25) is 0 Å². The number of nitrogens with one attached hydrogen (secondary N) is 1. The van der Waals surface area contributed by atoms with Gasteiger partial charge in [-0.05, 0) is 38.0 Å². The smallest absolute Gasteiger partial charge is 0.412 e. The molecule has 168 valence electrons. The second kappa shape index (κ2) is 7.77. The quantitative estimate of drug-likeness (QED) is 0.671. The molecule has 4 rings (SSSR count). The van der Waals surface area contributed by atoms with E-state index in [2.05, 4.69) is 10.3 Å². The van der Waals surface area contributed by atoms with E-state index in [0.29, 0.717) is 29.7 Å². The van der Waals surface area contributed by atoms with Crippen LogP contribution in [0.1, 0.15) is 31.5 Å². The number of aryl methyl sites for hydroxylation is 1. The Morgan fingerprint density at radius 3 is 2.61 bits per heavy atom. The maximum atomic E-state index is 12.7. The Morgan fingerprint density at radius 1 is 1.32 bits per heavy atom. The predicted molar refractivity (Wildman–Crippen MR) is 110 cm³/mol. The van der Waals surface area contributed by atoms with E-state index in [9.17, 15) is 22.0 Å². The van der Waals surface area contributed by atoms with Gasteiger partial charge >= 0.3 is 6.09 Å². The molecule has 1 aliphatic heterocycles. The number of ether oxygens (including phenoxy) is 2. The number of halogens is 2. The van der Waals surface area contributed by atoms with Crippen LogP contribution in [-0.2, 0) is 21.6 Å². The molecule has 1 aliphatic carbocycles. The molecule has 1 saturated heterocycles. The minimum absolute atomic E-state index is 0.0337. The fourth-order valence-electron chi connectivity index (χ4n) is 3.64. The van der Waals surface area contributed by atoms with E-state index >= 15 is 0 Å². The van der Waals surface area contributed by atoms with E-state index in [0.717, 1.165) is 0 Å². The average Bonchev–Trinajstić information content (AvgIpc) is 3.32. The molecule has 2 heterocycles. The number of hydrogen-bond acceptors (Lipinski definition) is 6. The third-order valence-corrected chi connectivity index (χ3v) is 7.20. The monoisotopic (exact) mass is 455 g/mol. The molecule has 0 saturated carbocycles. The van der Waals surface area contributed by atoms with E-state index in [1.807, 2.05) is 4.57 Å². The van der Waals surface area contributed by atoms with Crippen molar-refractivity contribution in [1.29, 1.82) is 0 Å². The summed E-state index contributed by atoms with van der Waals surface area (Å²) < 4.78 is 61.2. The summed E-state index contributed by atoms with van der Waals surface area (Å²) in [6, 6.07) is 3.09. The molecule has 2 aliphatic rings. The van der Waals surface area contributed by atoms with Gasteiger partial charge < -0.3 is 14.0 Å². The summed E-state index contributed by atoms with van der Waals surface area (Å²) in [5.41, 5.74) is 0.603. The third kappa shape index (κ3) is 4.81. The lowest BCUT2D eigenvalue weighted by Gasteiger charge is -2.21. The maximum Gasteiger partial charge on any atom is 0.412 e. The van der Waals surface area contributed by atoms with Crippen LogP contribution in [0.2, 0.25) is 0 Å². The molecule has 1 fully saturated rings. The van der Waals surface area contributed by atoms with Crippen molar-refractivity contribution in [2.24, 2.45) is 7.05 Å². The topological polar surface area (TPSA) is 99.5 Å². The lowest BCUT2D eigenvalue weighted by atomic mass is 10.0. The molecular formula is C20H23F2N3O5S. The molecule has 1 aromatic carbocycles. The van der Waals surface area contributed by atoms with Gasteiger partial charge in [0.25, 0.3) is 6.43 Å². The number of rotatable bonds is 6. The fourth-order valence-corrected chi connectivity index (χ4v) is 5.13. The number of aromatic nitrogens is 2. The predicted octanol–water partition coefficient (Wildman–Crippen LogP) is 3.39. The summed E-state index contributed by atoms with van der Waals surface area (Å²) in [6.07, 6.45) is 0.931. The van der Waals surface area contributed by atoms with Crippen molar-refractivity contribution in [1.82, 2.24) is 9.55 Å². The zero-order valence-electron chi connectivity index (χ0n) is 17.1. The number of alkyl halides is 2. The van der Waals surface area contributed by atoms with Crippen LogP contribution in [0, 0.1) is 0 Å². The van der Waals surface area contributed by atoms with Crippen LogP contribution in [0.15, 0.2) is 24.3 Å². The third-order valence-electron chi connectivity index (χ3n) is 5.49. The van der Waals surface area contributed by atoms with Crippen LogP contribution in [0.4, 0.5) is 19.3 Å². The maximum absolute atomic E-state index is 12.7. The first kappa shape index (κ1) is 21.5. The highest BCUT2D eigenvalue weighted by molar-refractivity contribution is 7.91. The number of amides is 1. The second-order valence-corrected chi connectivity index (χ2v) is 10.3. The number of hydrogen-bond donors (Lipinski definition) is 1. The number of imidazole rings is 1. The minimum Gasteiger partial charge on any atom is -0.485 e. The van der Waals surface area contributed by atoms with Crippen molar-refractivity contribution >= 4 is 32.7 Å². The zero-order valence-corrected chi connectivity index (χ0v) is 17.9. The molecule has 8 nitrogen and oxygen atoms in total. The summed E-state index contributed by atoms with van der Waals surface area (Å²) in [4.78, 5) is 16.8. The number of sulfone groups is 1. The normalized spacial score (nSPS) is 19.5. The Balaban J connectivity index is 1.65. The highest BCUT2D eigenvalue weighted by Gasteiger charge is 2.33. The molecule has 0 spiro atoms. The number of fused-ring (bicyclic) bond motifs is 1. The molecule has 11 heteroatoms.